The van der Waals surface area contributed by atoms with E-state index >= 15 is 0 Å². The lowest BCUT2D eigenvalue weighted by Gasteiger charge is -2.23. The molecule has 3 heteroatoms. The Morgan fingerprint density at radius 1 is 1.31 bits per heavy atom. The highest BCUT2D eigenvalue weighted by Gasteiger charge is 2.21. The van der Waals surface area contributed by atoms with Gasteiger partial charge in [0.1, 0.15) is 5.75 Å². The molecule has 0 saturated carbocycles. The van der Waals surface area contributed by atoms with Gasteiger partial charge in [0, 0.05) is 6.54 Å². The molecular formula is C13H21NO2. The molecule has 1 rings (SSSR count). The molecule has 3 nitrogen and oxygen atoms in total. The lowest BCUT2D eigenvalue weighted by Crippen LogP contribution is -2.33. The van der Waals surface area contributed by atoms with Crippen molar-refractivity contribution in [2.45, 2.75) is 32.5 Å². The van der Waals surface area contributed by atoms with Gasteiger partial charge in [-0.1, -0.05) is 12.1 Å². The zero-order valence-electron chi connectivity index (χ0n) is 10.4. The molecular weight excluding hydrogens is 202 g/mol. The number of benzene rings is 1. The van der Waals surface area contributed by atoms with E-state index in [1.54, 1.807) is 6.92 Å². The van der Waals surface area contributed by atoms with Crippen molar-refractivity contribution in [3.05, 3.63) is 29.8 Å². The second-order valence-electron chi connectivity index (χ2n) is 4.50. The first-order chi connectivity index (χ1) is 7.45. The number of aliphatic hydroxyl groups is 1. The van der Waals surface area contributed by atoms with Gasteiger partial charge in [-0.3, -0.25) is 0 Å². The zero-order chi connectivity index (χ0) is 12.2. The van der Waals surface area contributed by atoms with Crippen LogP contribution >= 0.6 is 0 Å². The highest BCUT2D eigenvalue weighted by atomic mass is 16.5. The molecule has 2 N–H and O–H groups in total. The number of likely N-dealkylation sites (N-methyl/N-ethyl adjacent to an activating group) is 1. The molecule has 0 aliphatic heterocycles. The topological polar surface area (TPSA) is 41.5 Å². The lowest BCUT2D eigenvalue weighted by atomic mass is 9.96. The number of nitrogens with one attached hydrogen (secondary N) is 1. The van der Waals surface area contributed by atoms with Gasteiger partial charge < -0.3 is 15.2 Å². The van der Waals surface area contributed by atoms with E-state index in [2.05, 4.69) is 5.32 Å². The summed E-state index contributed by atoms with van der Waals surface area (Å²) in [6.07, 6.45) is 0.170. The van der Waals surface area contributed by atoms with Gasteiger partial charge in [0.05, 0.1) is 11.7 Å². The van der Waals surface area contributed by atoms with Crippen molar-refractivity contribution in [1.82, 2.24) is 5.32 Å². The van der Waals surface area contributed by atoms with E-state index in [9.17, 15) is 5.11 Å². The Balaban J connectivity index is 2.78. The fourth-order valence-electron chi connectivity index (χ4n) is 1.61. The minimum absolute atomic E-state index is 0.170. The maximum atomic E-state index is 10.2. The minimum Gasteiger partial charge on any atom is -0.491 e. The van der Waals surface area contributed by atoms with Crippen molar-refractivity contribution >= 4 is 0 Å². The van der Waals surface area contributed by atoms with Crippen molar-refractivity contribution in [1.29, 1.82) is 0 Å². The first kappa shape index (κ1) is 13.0. The van der Waals surface area contributed by atoms with Gasteiger partial charge in [0.25, 0.3) is 0 Å². The third-order valence-corrected chi connectivity index (χ3v) is 2.37. The quantitative estimate of drug-likeness (QED) is 0.801. The van der Waals surface area contributed by atoms with Crippen LogP contribution in [0.1, 0.15) is 26.3 Å². The molecule has 1 aromatic carbocycles. The summed E-state index contributed by atoms with van der Waals surface area (Å²) >= 11 is 0. The summed E-state index contributed by atoms with van der Waals surface area (Å²) < 4.78 is 5.54. The molecule has 16 heavy (non-hydrogen) atoms. The zero-order valence-corrected chi connectivity index (χ0v) is 10.4. The Labute approximate surface area is 97.4 Å². The van der Waals surface area contributed by atoms with E-state index in [1.165, 1.54) is 0 Å². The van der Waals surface area contributed by atoms with Crippen molar-refractivity contribution in [2.75, 3.05) is 13.6 Å². The minimum atomic E-state index is -0.842. The van der Waals surface area contributed by atoms with Crippen LogP contribution in [0.2, 0.25) is 0 Å². The summed E-state index contributed by atoms with van der Waals surface area (Å²) in [5.74, 6) is 0.832. The highest BCUT2D eigenvalue weighted by molar-refractivity contribution is 5.30. The van der Waals surface area contributed by atoms with Crippen LogP contribution < -0.4 is 10.1 Å². The summed E-state index contributed by atoms with van der Waals surface area (Å²) in [6.45, 7) is 6.30. The summed E-state index contributed by atoms with van der Waals surface area (Å²) in [4.78, 5) is 0. The monoisotopic (exact) mass is 223 g/mol. The van der Waals surface area contributed by atoms with Gasteiger partial charge in [-0.25, -0.2) is 0 Å². The molecule has 0 saturated heterocycles. The van der Waals surface area contributed by atoms with Crippen LogP contribution in [0.3, 0.4) is 0 Å². The van der Waals surface area contributed by atoms with Gasteiger partial charge in [-0.2, -0.15) is 0 Å². The van der Waals surface area contributed by atoms with Crippen LogP contribution in [0.25, 0.3) is 0 Å². The van der Waals surface area contributed by atoms with Crippen LogP contribution in [0.5, 0.6) is 5.75 Å². The molecule has 90 valence electrons. The average Bonchev–Trinajstić information content (AvgIpc) is 2.17. The smallest absolute Gasteiger partial charge is 0.119 e. The third kappa shape index (κ3) is 3.51. The van der Waals surface area contributed by atoms with Gasteiger partial charge in [0.15, 0.2) is 0 Å². The summed E-state index contributed by atoms with van der Waals surface area (Å²) in [5, 5.41) is 13.1. The predicted molar refractivity (Wildman–Crippen MR) is 65.7 cm³/mol. The van der Waals surface area contributed by atoms with Gasteiger partial charge in [-0.15, -0.1) is 0 Å². The van der Waals surface area contributed by atoms with E-state index in [4.69, 9.17) is 4.74 Å². The molecule has 0 radical (unpaired) electrons. The van der Waals surface area contributed by atoms with Crippen LogP contribution in [0.4, 0.5) is 0 Å². The maximum Gasteiger partial charge on any atom is 0.119 e. The Morgan fingerprint density at radius 2 is 1.88 bits per heavy atom. The van der Waals surface area contributed by atoms with Crippen LogP contribution in [-0.4, -0.2) is 24.8 Å². The van der Waals surface area contributed by atoms with Crippen LogP contribution in [0, 0.1) is 0 Å². The second kappa shape index (κ2) is 5.32. The number of hydrogen-bond donors (Lipinski definition) is 2. The number of rotatable bonds is 5. The molecule has 0 aromatic heterocycles. The van der Waals surface area contributed by atoms with E-state index in [1.807, 2.05) is 45.2 Å². The van der Waals surface area contributed by atoms with Gasteiger partial charge in [0.2, 0.25) is 0 Å². The summed E-state index contributed by atoms with van der Waals surface area (Å²) in [5.41, 5.74) is 0.0448. The molecule has 0 aliphatic rings. The van der Waals surface area contributed by atoms with Crippen molar-refractivity contribution in [3.8, 4) is 5.75 Å². The van der Waals surface area contributed by atoms with E-state index < -0.39 is 5.60 Å². The Bertz CT molecular complexity index is 317. The van der Waals surface area contributed by atoms with E-state index in [-0.39, 0.29) is 6.10 Å². The SMILES string of the molecule is CNCC(C)(O)c1ccc(OC(C)C)cc1. The fourth-order valence-corrected chi connectivity index (χ4v) is 1.61. The lowest BCUT2D eigenvalue weighted by molar-refractivity contribution is 0.0591. The molecule has 0 aliphatic carbocycles. The van der Waals surface area contributed by atoms with Crippen LogP contribution in [-0.2, 0) is 5.60 Å². The molecule has 0 bridgehead atoms. The predicted octanol–water partition coefficient (Wildman–Crippen LogP) is 1.90. The number of ether oxygens (including phenoxy) is 1. The molecule has 0 spiro atoms. The number of hydrogen-bond acceptors (Lipinski definition) is 3. The van der Waals surface area contributed by atoms with E-state index in [0.717, 1.165) is 11.3 Å². The Morgan fingerprint density at radius 3 is 2.31 bits per heavy atom. The third-order valence-electron chi connectivity index (χ3n) is 2.37. The standard InChI is InChI=1S/C13H21NO2/c1-10(2)16-12-7-5-11(6-8-12)13(3,15)9-14-4/h5-8,10,14-15H,9H2,1-4H3. The largest absolute Gasteiger partial charge is 0.491 e. The maximum absolute atomic E-state index is 10.2. The fraction of sp³-hybridized carbons (Fsp3) is 0.538. The second-order valence-corrected chi connectivity index (χ2v) is 4.50. The highest BCUT2D eigenvalue weighted by Crippen LogP contribution is 2.22. The average molecular weight is 223 g/mol. The molecule has 0 heterocycles. The summed E-state index contributed by atoms with van der Waals surface area (Å²) in [6, 6.07) is 7.57. The summed E-state index contributed by atoms with van der Waals surface area (Å²) in [7, 11) is 1.82. The van der Waals surface area contributed by atoms with Gasteiger partial charge >= 0.3 is 0 Å². The van der Waals surface area contributed by atoms with E-state index in [0.29, 0.717) is 6.54 Å². The molecule has 1 aromatic rings. The molecule has 1 atom stereocenters. The Hall–Kier alpha value is -1.06. The van der Waals surface area contributed by atoms with Crippen molar-refractivity contribution in [2.24, 2.45) is 0 Å². The van der Waals surface area contributed by atoms with Crippen molar-refractivity contribution in [3.63, 3.8) is 0 Å². The first-order valence-electron chi connectivity index (χ1n) is 5.60. The first-order valence-corrected chi connectivity index (χ1v) is 5.60. The van der Waals surface area contributed by atoms with Crippen LogP contribution in [0.15, 0.2) is 24.3 Å². The molecule has 0 fully saturated rings. The van der Waals surface area contributed by atoms with Crippen molar-refractivity contribution < 1.29 is 9.84 Å². The Kier molecular flexibility index (Phi) is 4.33. The molecule has 1 unspecified atom stereocenters. The molecule has 0 amide bonds. The normalized spacial score (nSPS) is 14.9. The van der Waals surface area contributed by atoms with Gasteiger partial charge in [-0.05, 0) is 45.5 Å².